The number of amides is 1. The van der Waals surface area contributed by atoms with Crippen LogP contribution in [0.3, 0.4) is 0 Å². The summed E-state index contributed by atoms with van der Waals surface area (Å²) < 4.78 is 1.61. The molecule has 0 aliphatic heterocycles. The maximum Gasteiger partial charge on any atom is 0.228 e. The first-order chi connectivity index (χ1) is 9.45. The van der Waals surface area contributed by atoms with Crippen molar-refractivity contribution in [2.24, 2.45) is 0 Å². The van der Waals surface area contributed by atoms with Crippen molar-refractivity contribution < 1.29 is 4.79 Å². The molecule has 0 aliphatic carbocycles. The molecule has 0 saturated carbocycles. The number of halogens is 2. The van der Waals surface area contributed by atoms with Crippen LogP contribution in [0.2, 0.25) is 0 Å². The van der Waals surface area contributed by atoms with Crippen molar-refractivity contribution in [2.45, 2.75) is 13.3 Å². The van der Waals surface area contributed by atoms with Crippen LogP contribution in [-0.2, 0) is 11.2 Å². The molecule has 0 bridgehead atoms. The first-order valence-electron chi connectivity index (χ1n) is 6.05. The van der Waals surface area contributed by atoms with Gasteiger partial charge in [-0.25, -0.2) is 0 Å². The second-order valence-electron chi connectivity index (χ2n) is 4.56. The fourth-order valence-electron chi connectivity index (χ4n) is 1.80. The molecule has 0 atom stereocenters. The van der Waals surface area contributed by atoms with Gasteiger partial charge in [0.15, 0.2) is 0 Å². The summed E-state index contributed by atoms with van der Waals surface area (Å²) in [6.45, 7) is 2.02. The van der Waals surface area contributed by atoms with Gasteiger partial charge in [-0.15, -0.1) is 0 Å². The van der Waals surface area contributed by atoms with E-state index in [9.17, 15) is 4.79 Å². The molecule has 2 aromatic carbocycles. The average molecular weight is 398 g/mol. The van der Waals surface area contributed by atoms with E-state index in [1.54, 1.807) is 6.07 Å². The zero-order chi connectivity index (χ0) is 14.7. The molecule has 0 fully saturated rings. The van der Waals surface area contributed by atoms with Crippen molar-refractivity contribution in [3.05, 3.63) is 56.5 Å². The molecule has 1 amide bonds. The van der Waals surface area contributed by atoms with E-state index in [1.165, 1.54) is 5.56 Å². The molecule has 0 aliphatic rings. The van der Waals surface area contributed by atoms with Gasteiger partial charge in [-0.3, -0.25) is 4.79 Å². The van der Waals surface area contributed by atoms with Crippen LogP contribution in [0.5, 0.6) is 0 Å². The Kier molecular flexibility index (Phi) is 4.83. The first kappa shape index (κ1) is 15.1. The molecule has 2 rings (SSSR count). The fraction of sp³-hybridized carbons (Fsp3) is 0.133. The number of anilines is 2. The summed E-state index contributed by atoms with van der Waals surface area (Å²) in [5.41, 5.74) is 9.18. The third-order valence-corrected chi connectivity index (χ3v) is 3.92. The van der Waals surface area contributed by atoms with Crippen molar-refractivity contribution >= 4 is 49.1 Å². The molecule has 104 valence electrons. The van der Waals surface area contributed by atoms with Gasteiger partial charge in [0.05, 0.1) is 17.8 Å². The number of benzene rings is 2. The summed E-state index contributed by atoms with van der Waals surface area (Å²) >= 11 is 6.75. The lowest BCUT2D eigenvalue weighted by Gasteiger charge is -2.11. The second kappa shape index (κ2) is 6.41. The Morgan fingerprint density at radius 1 is 1.20 bits per heavy atom. The number of rotatable bonds is 3. The van der Waals surface area contributed by atoms with Crippen LogP contribution >= 0.6 is 31.9 Å². The highest BCUT2D eigenvalue weighted by atomic mass is 79.9. The third-order valence-electron chi connectivity index (χ3n) is 2.84. The van der Waals surface area contributed by atoms with E-state index in [4.69, 9.17) is 5.73 Å². The normalized spacial score (nSPS) is 10.3. The van der Waals surface area contributed by atoms with Gasteiger partial charge in [0.25, 0.3) is 0 Å². The summed E-state index contributed by atoms with van der Waals surface area (Å²) in [5.74, 6) is -0.0939. The Labute approximate surface area is 134 Å². The van der Waals surface area contributed by atoms with Gasteiger partial charge >= 0.3 is 0 Å². The number of carbonyl (C=O) groups excluding carboxylic acids is 1. The number of nitrogens with one attached hydrogen (secondary N) is 1. The minimum atomic E-state index is -0.0939. The summed E-state index contributed by atoms with van der Waals surface area (Å²) in [5, 5.41) is 2.84. The van der Waals surface area contributed by atoms with Crippen molar-refractivity contribution in [1.29, 1.82) is 0 Å². The molecule has 2 aromatic rings. The largest absolute Gasteiger partial charge is 0.397 e. The highest BCUT2D eigenvalue weighted by Gasteiger charge is 2.10. The van der Waals surface area contributed by atoms with Crippen LogP contribution in [0, 0.1) is 6.92 Å². The smallest absolute Gasteiger partial charge is 0.228 e. The zero-order valence-electron chi connectivity index (χ0n) is 10.9. The molecule has 0 unspecified atom stereocenters. The van der Waals surface area contributed by atoms with Crippen molar-refractivity contribution in [2.75, 3.05) is 11.1 Å². The number of carbonyl (C=O) groups is 1. The van der Waals surface area contributed by atoms with E-state index < -0.39 is 0 Å². The predicted molar refractivity (Wildman–Crippen MR) is 89.8 cm³/mol. The Morgan fingerprint density at radius 3 is 2.45 bits per heavy atom. The number of aryl methyl sites for hydroxylation is 1. The lowest BCUT2D eigenvalue weighted by atomic mass is 10.1. The van der Waals surface area contributed by atoms with E-state index in [-0.39, 0.29) is 5.91 Å². The first-order valence-corrected chi connectivity index (χ1v) is 7.64. The van der Waals surface area contributed by atoms with Gasteiger partial charge in [0, 0.05) is 8.95 Å². The Bertz CT molecular complexity index is 616. The molecule has 0 radical (unpaired) electrons. The molecule has 3 nitrogen and oxygen atoms in total. The standard InChI is InChI=1S/C15H14Br2N2O/c1-9-2-4-10(5-3-9)6-14(20)19-15-12(17)7-11(16)8-13(15)18/h2-5,7-8H,6,18H2,1H3,(H,19,20). The van der Waals surface area contributed by atoms with Crippen molar-refractivity contribution in [1.82, 2.24) is 0 Å². The molecule has 0 spiro atoms. The molecule has 0 saturated heterocycles. The highest BCUT2D eigenvalue weighted by molar-refractivity contribution is 9.11. The topological polar surface area (TPSA) is 55.1 Å². The quantitative estimate of drug-likeness (QED) is 0.759. The number of hydrogen-bond donors (Lipinski definition) is 2. The molecule has 20 heavy (non-hydrogen) atoms. The van der Waals surface area contributed by atoms with Crippen LogP contribution in [0.1, 0.15) is 11.1 Å². The summed E-state index contributed by atoms with van der Waals surface area (Å²) in [6, 6.07) is 11.5. The van der Waals surface area contributed by atoms with Gasteiger partial charge in [-0.05, 0) is 40.5 Å². The summed E-state index contributed by atoms with van der Waals surface area (Å²) in [4.78, 5) is 12.1. The summed E-state index contributed by atoms with van der Waals surface area (Å²) in [7, 11) is 0. The zero-order valence-corrected chi connectivity index (χ0v) is 14.1. The van der Waals surface area contributed by atoms with E-state index in [1.807, 2.05) is 37.3 Å². The summed E-state index contributed by atoms with van der Waals surface area (Å²) in [6.07, 6.45) is 0.322. The Hall–Kier alpha value is -1.33. The SMILES string of the molecule is Cc1ccc(CC(=O)Nc2c(N)cc(Br)cc2Br)cc1. The van der Waals surface area contributed by atoms with Gasteiger partial charge in [0.2, 0.25) is 5.91 Å². The van der Waals surface area contributed by atoms with Crippen LogP contribution in [0.4, 0.5) is 11.4 Å². The van der Waals surface area contributed by atoms with E-state index in [0.29, 0.717) is 17.8 Å². The van der Waals surface area contributed by atoms with Gasteiger partial charge < -0.3 is 11.1 Å². The number of nitrogens with two attached hydrogens (primary N) is 1. The van der Waals surface area contributed by atoms with Crippen LogP contribution in [0.15, 0.2) is 45.3 Å². The van der Waals surface area contributed by atoms with Crippen molar-refractivity contribution in [3.63, 3.8) is 0 Å². The molecule has 3 N–H and O–H groups in total. The van der Waals surface area contributed by atoms with Gasteiger partial charge in [0.1, 0.15) is 0 Å². The average Bonchev–Trinajstić information content (AvgIpc) is 2.36. The van der Waals surface area contributed by atoms with E-state index in [2.05, 4.69) is 37.2 Å². The van der Waals surface area contributed by atoms with Gasteiger partial charge in [-0.2, -0.15) is 0 Å². The van der Waals surface area contributed by atoms with Crippen LogP contribution in [-0.4, -0.2) is 5.91 Å². The maximum atomic E-state index is 12.1. The van der Waals surface area contributed by atoms with Crippen molar-refractivity contribution in [3.8, 4) is 0 Å². The number of nitrogen functional groups attached to an aromatic ring is 1. The molecule has 0 aromatic heterocycles. The van der Waals surface area contributed by atoms with E-state index >= 15 is 0 Å². The lowest BCUT2D eigenvalue weighted by Crippen LogP contribution is -2.16. The highest BCUT2D eigenvalue weighted by Crippen LogP contribution is 2.32. The lowest BCUT2D eigenvalue weighted by molar-refractivity contribution is -0.115. The Balaban J connectivity index is 2.10. The predicted octanol–water partition coefficient (Wildman–Crippen LogP) is 4.28. The molecule has 0 heterocycles. The third kappa shape index (κ3) is 3.84. The molecule has 5 heteroatoms. The van der Waals surface area contributed by atoms with Crippen LogP contribution in [0.25, 0.3) is 0 Å². The van der Waals surface area contributed by atoms with E-state index in [0.717, 1.165) is 14.5 Å². The number of hydrogen-bond acceptors (Lipinski definition) is 2. The van der Waals surface area contributed by atoms with Gasteiger partial charge in [-0.1, -0.05) is 45.8 Å². The Morgan fingerprint density at radius 2 is 1.85 bits per heavy atom. The fourth-order valence-corrected chi connectivity index (χ4v) is 3.16. The molecular weight excluding hydrogens is 384 g/mol. The minimum Gasteiger partial charge on any atom is -0.397 e. The molecular formula is C15H14Br2N2O. The second-order valence-corrected chi connectivity index (χ2v) is 6.33. The monoisotopic (exact) mass is 396 g/mol. The minimum absolute atomic E-state index is 0.0939. The maximum absolute atomic E-state index is 12.1. The van der Waals surface area contributed by atoms with Crippen LogP contribution < -0.4 is 11.1 Å².